The van der Waals surface area contributed by atoms with Crippen molar-refractivity contribution in [1.29, 1.82) is 0 Å². The molecule has 2 atom stereocenters. The van der Waals surface area contributed by atoms with Gasteiger partial charge in [-0.05, 0) is 45.7 Å². The van der Waals surface area contributed by atoms with Crippen LogP contribution in [0.1, 0.15) is 33.6 Å². The first-order valence-electron chi connectivity index (χ1n) is 6.70. The maximum atomic E-state index is 5.59. The Morgan fingerprint density at radius 2 is 2.19 bits per heavy atom. The lowest BCUT2D eigenvalue weighted by molar-refractivity contribution is -0.103. The first kappa shape index (κ1) is 12.3. The van der Waals surface area contributed by atoms with Crippen molar-refractivity contribution in [3.05, 3.63) is 0 Å². The second kappa shape index (κ2) is 5.03. The van der Waals surface area contributed by atoms with Crippen LogP contribution in [0.2, 0.25) is 0 Å². The smallest absolute Gasteiger partial charge is 0.0645 e. The largest absolute Gasteiger partial charge is 0.378 e. The predicted octanol–water partition coefficient (Wildman–Crippen LogP) is 1.49. The van der Waals surface area contributed by atoms with Gasteiger partial charge in [0.15, 0.2) is 0 Å². The van der Waals surface area contributed by atoms with Crippen LogP contribution in [0.4, 0.5) is 0 Å². The summed E-state index contributed by atoms with van der Waals surface area (Å²) in [5.74, 6) is 0.859. The molecular weight excluding hydrogens is 200 g/mol. The van der Waals surface area contributed by atoms with Gasteiger partial charge in [-0.25, -0.2) is 0 Å². The summed E-state index contributed by atoms with van der Waals surface area (Å²) < 4.78 is 5.59. The fourth-order valence-corrected chi connectivity index (χ4v) is 3.01. The number of ether oxygens (including phenoxy) is 1. The van der Waals surface area contributed by atoms with E-state index >= 15 is 0 Å². The van der Waals surface area contributed by atoms with Gasteiger partial charge in [-0.15, -0.1) is 0 Å². The molecule has 0 amide bonds. The van der Waals surface area contributed by atoms with E-state index in [9.17, 15) is 0 Å². The SMILES string of the molecule is CCNCC1CCC1N1CCOCC1(C)C. The Hall–Kier alpha value is -0.120. The first-order valence-corrected chi connectivity index (χ1v) is 6.70. The van der Waals surface area contributed by atoms with Crippen molar-refractivity contribution in [3.8, 4) is 0 Å². The van der Waals surface area contributed by atoms with Gasteiger partial charge in [0, 0.05) is 18.1 Å². The molecule has 0 aromatic rings. The molecule has 2 rings (SSSR count). The van der Waals surface area contributed by atoms with Gasteiger partial charge in [-0.2, -0.15) is 0 Å². The molecule has 0 radical (unpaired) electrons. The fourth-order valence-electron chi connectivity index (χ4n) is 3.01. The molecule has 0 bridgehead atoms. The van der Waals surface area contributed by atoms with Crippen molar-refractivity contribution in [2.45, 2.75) is 45.2 Å². The molecule has 2 unspecified atom stereocenters. The van der Waals surface area contributed by atoms with Gasteiger partial charge in [-0.1, -0.05) is 6.92 Å². The molecule has 2 aliphatic rings. The number of rotatable bonds is 4. The molecule has 0 aromatic heterocycles. The summed E-state index contributed by atoms with van der Waals surface area (Å²) in [5, 5.41) is 3.49. The van der Waals surface area contributed by atoms with Crippen LogP contribution in [0.5, 0.6) is 0 Å². The summed E-state index contributed by atoms with van der Waals surface area (Å²) in [6.45, 7) is 12.0. The maximum absolute atomic E-state index is 5.59. The molecular formula is C13H26N2O. The molecule has 1 aliphatic heterocycles. The normalized spacial score (nSPS) is 34.7. The predicted molar refractivity (Wildman–Crippen MR) is 66.7 cm³/mol. The molecule has 0 spiro atoms. The summed E-state index contributed by atoms with van der Waals surface area (Å²) in [7, 11) is 0. The van der Waals surface area contributed by atoms with Gasteiger partial charge >= 0.3 is 0 Å². The van der Waals surface area contributed by atoms with Gasteiger partial charge in [-0.3, -0.25) is 4.90 Å². The highest BCUT2D eigenvalue weighted by atomic mass is 16.5. The van der Waals surface area contributed by atoms with Gasteiger partial charge in [0.25, 0.3) is 0 Å². The van der Waals surface area contributed by atoms with E-state index in [0.29, 0.717) is 0 Å². The third-order valence-electron chi connectivity index (χ3n) is 4.14. The number of nitrogens with one attached hydrogen (secondary N) is 1. The van der Waals surface area contributed by atoms with E-state index in [-0.39, 0.29) is 5.54 Å². The van der Waals surface area contributed by atoms with Crippen LogP contribution in [0.25, 0.3) is 0 Å². The Balaban J connectivity index is 1.90. The number of nitrogens with zero attached hydrogens (tertiary/aromatic N) is 1. The first-order chi connectivity index (χ1) is 7.65. The van der Waals surface area contributed by atoms with Crippen LogP contribution in [-0.2, 0) is 4.74 Å². The van der Waals surface area contributed by atoms with E-state index in [2.05, 4.69) is 31.0 Å². The minimum Gasteiger partial charge on any atom is -0.378 e. The molecule has 2 fully saturated rings. The lowest BCUT2D eigenvalue weighted by Gasteiger charge is -2.53. The standard InChI is InChI=1S/C13H26N2O/c1-4-14-9-11-5-6-12(11)15-7-8-16-10-13(15,2)3/h11-12,14H,4-10H2,1-3H3. The van der Waals surface area contributed by atoms with E-state index in [1.165, 1.54) is 19.4 Å². The maximum Gasteiger partial charge on any atom is 0.0645 e. The van der Waals surface area contributed by atoms with Crippen LogP contribution >= 0.6 is 0 Å². The lowest BCUT2D eigenvalue weighted by Crippen LogP contribution is -2.62. The minimum absolute atomic E-state index is 0.230. The Kier molecular flexibility index (Phi) is 3.88. The molecule has 3 nitrogen and oxygen atoms in total. The summed E-state index contributed by atoms with van der Waals surface area (Å²) in [6.07, 6.45) is 2.77. The molecule has 3 heteroatoms. The molecule has 94 valence electrons. The molecule has 1 N–H and O–H groups in total. The Labute approximate surface area is 99.5 Å². The highest BCUT2D eigenvalue weighted by molar-refractivity contribution is 4.97. The highest BCUT2D eigenvalue weighted by Crippen LogP contribution is 2.36. The zero-order valence-electron chi connectivity index (χ0n) is 11.0. The van der Waals surface area contributed by atoms with Crippen LogP contribution in [0.3, 0.4) is 0 Å². The third kappa shape index (κ3) is 2.41. The number of hydrogen-bond donors (Lipinski definition) is 1. The highest BCUT2D eigenvalue weighted by Gasteiger charge is 2.42. The molecule has 1 saturated carbocycles. The van der Waals surface area contributed by atoms with Crippen LogP contribution < -0.4 is 5.32 Å². The van der Waals surface area contributed by atoms with Crippen LogP contribution in [0.15, 0.2) is 0 Å². The van der Waals surface area contributed by atoms with Crippen molar-refractivity contribution in [2.24, 2.45) is 5.92 Å². The fraction of sp³-hybridized carbons (Fsp3) is 1.00. The summed E-state index contributed by atoms with van der Waals surface area (Å²) in [4.78, 5) is 2.68. The van der Waals surface area contributed by atoms with Crippen molar-refractivity contribution >= 4 is 0 Å². The summed E-state index contributed by atoms with van der Waals surface area (Å²) >= 11 is 0. The van der Waals surface area contributed by atoms with Crippen molar-refractivity contribution in [1.82, 2.24) is 10.2 Å². The van der Waals surface area contributed by atoms with E-state index in [1.807, 2.05) is 0 Å². The van der Waals surface area contributed by atoms with Crippen molar-refractivity contribution in [3.63, 3.8) is 0 Å². The molecule has 1 saturated heterocycles. The quantitative estimate of drug-likeness (QED) is 0.786. The van der Waals surface area contributed by atoms with E-state index in [0.717, 1.165) is 38.3 Å². The zero-order valence-corrected chi connectivity index (χ0v) is 11.0. The minimum atomic E-state index is 0.230. The van der Waals surface area contributed by atoms with Crippen LogP contribution in [0, 0.1) is 5.92 Å². The molecule has 1 aliphatic carbocycles. The molecule has 1 heterocycles. The molecule has 16 heavy (non-hydrogen) atoms. The van der Waals surface area contributed by atoms with E-state index in [1.54, 1.807) is 0 Å². The average molecular weight is 226 g/mol. The molecule has 0 aromatic carbocycles. The van der Waals surface area contributed by atoms with Crippen molar-refractivity contribution < 1.29 is 4.74 Å². The zero-order chi connectivity index (χ0) is 11.6. The summed E-state index contributed by atoms with van der Waals surface area (Å²) in [5.41, 5.74) is 0.230. The van der Waals surface area contributed by atoms with Gasteiger partial charge in [0.05, 0.1) is 13.2 Å². The number of hydrogen-bond acceptors (Lipinski definition) is 3. The number of morpholine rings is 1. The Morgan fingerprint density at radius 3 is 2.75 bits per heavy atom. The second-order valence-electron chi connectivity index (χ2n) is 5.77. The second-order valence-corrected chi connectivity index (χ2v) is 5.77. The van der Waals surface area contributed by atoms with E-state index < -0.39 is 0 Å². The Bertz CT molecular complexity index is 230. The Morgan fingerprint density at radius 1 is 1.38 bits per heavy atom. The van der Waals surface area contributed by atoms with Gasteiger partial charge in [0.2, 0.25) is 0 Å². The van der Waals surface area contributed by atoms with Gasteiger partial charge in [0.1, 0.15) is 0 Å². The van der Waals surface area contributed by atoms with Crippen LogP contribution in [-0.4, -0.2) is 49.3 Å². The summed E-state index contributed by atoms with van der Waals surface area (Å²) in [6, 6.07) is 0.790. The topological polar surface area (TPSA) is 24.5 Å². The third-order valence-corrected chi connectivity index (χ3v) is 4.14. The van der Waals surface area contributed by atoms with Gasteiger partial charge < -0.3 is 10.1 Å². The lowest BCUT2D eigenvalue weighted by atomic mass is 9.76. The van der Waals surface area contributed by atoms with E-state index in [4.69, 9.17) is 4.74 Å². The van der Waals surface area contributed by atoms with Crippen molar-refractivity contribution in [2.75, 3.05) is 32.8 Å². The average Bonchev–Trinajstić information content (AvgIpc) is 2.20. The monoisotopic (exact) mass is 226 g/mol.